The van der Waals surface area contributed by atoms with Crippen LogP contribution in [-0.4, -0.2) is 53.1 Å². The molecule has 0 saturated carbocycles. The van der Waals surface area contributed by atoms with E-state index in [0.717, 1.165) is 6.42 Å². The van der Waals surface area contributed by atoms with Crippen LogP contribution >= 0.6 is 0 Å². The molecule has 9 heteroatoms. The minimum absolute atomic E-state index is 0.174. The molecule has 3 N–H and O–H groups in total. The number of anilines is 1. The van der Waals surface area contributed by atoms with Gasteiger partial charge in [-0.3, -0.25) is 28.9 Å². The van der Waals surface area contributed by atoms with Gasteiger partial charge in [0, 0.05) is 30.8 Å². The first-order valence-electron chi connectivity index (χ1n) is 13.0. The maximum absolute atomic E-state index is 12.8. The van der Waals surface area contributed by atoms with Crippen LogP contribution < -0.4 is 16.0 Å². The maximum Gasteiger partial charge on any atom is 0.253 e. The standard InChI is InChI=1S/C28H40N4O5/c1-18(2)17-21-10-12-22(13-11-21)30-27(36)20(5)29-28(37)26(19(3)4)31-23(33)9-7-6-8-16-32-24(34)14-15-25(32)35/h10-15,18-20,26H,6-9,16-17H2,1-5H3,(H,29,37)(H,30,36)(H,31,33)/t20-,26-/m0/s1. The van der Waals surface area contributed by atoms with Gasteiger partial charge in [0.1, 0.15) is 12.1 Å². The third-order valence-corrected chi connectivity index (χ3v) is 6.07. The summed E-state index contributed by atoms with van der Waals surface area (Å²) in [6.45, 7) is 9.87. The van der Waals surface area contributed by atoms with Crippen molar-refractivity contribution in [3.8, 4) is 0 Å². The Bertz CT molecular complexity index is 982. The molecule has 0 aromatic heterocycles. The smallest absolute Gasteiger partial charge is 0.253 e. The van der Waals surface area contributed by atoms with Crippen molar-refractivity contribution in [3.05, 3.63) is 42.0 Å². The minimum Gasteiger partial charge on any atom is -0.344 e. The second kappa shape index (κ2) is 14.3. The summed E-state index contributed by atoms with van der Waals surface area (Å²) in [6, 6.07) is 6.09. The van der Waals surface area contributed by atoms with Crippen LogP contribution in [0.2, 0.25) is 0 Å². The Morgan fingerprint density at radius 3 is 2.00 bits per heavy atom. The highest BCUT2D eigenvalue weighted by atomic mass is 16.2. The van der Waals surface area contributed by atoms with E-state index in [1.807, 2.05) is 38.1 Å². The SMILES string of the molecule is CC(C)Cc1ccc(NC(=O)[C@H](C)NC(=O)[C@@H](NC(=O)CCCCCN2C(=O)C=CC2=O)C(C)C)cc1. The number of rotatable bonds is 14. The Balaban J connectivity index is 1.76. The highest BCUT2D eigenvalue weighted by molar-refractivity contribution is 6.12. The lowest BCUT2D eigenvalue weighted by Crippen LogP contribution is -2.53. The van der Waals surface area contributed by atoms with Crippen molar-refractivity contribution in [2.45, 2.75) is 78.8 Å². The number of hydrogen-bond acceptors (Lipinski definition) is 5. The van der Waals surface area contributed by atoms with Gasteiger partial charge in [-0.1, -0.05) is 46.2 Å². The fourth-order valence-corrected chi connectivity index (χ4v) is 3.98. The van der Waals surface area contributed by atoms with E-state index in [2.05, 4.69) is 29.8 Å². The summed E-state index contributed by atoms with van der Waals surface area (Å²) in [5.74, 6) is -1.27. The monoisotopic (exact) mass is 512 g/mol. The van der Waals surface area contributed by atoms with E-state index < -0.39 is 18.0 Å². The first kappa shape index (κ1) is 29.7. The number of nitrogens with zero attached hydrogens (tertiary/aromatic N) is 1. The van der Waals surface area contributed by atoms with Crippen LogP contribution in [0.4, 0.5) is 5.69 Å². The first-order valence-corrected chi connectivity index (χ1v) is 13.0. The Labute approximate surface area is 219 Å². The van der Waals surface area contributed by atoms with Crippen molar-refractivity contribution in [1.29, 1.82) is 0 Å². The summed E-state index contributed by atoms with van der Waals surface area (Å²) in [5.41, 5.74) is 1.85. The molecule has 5 amide bonds. The number of carbonyl (C=O) groups is 5. The van der Waals surface area contributed by atoms with Crippen LogP contribution in [0.1, 0.15) is 65.9 Å². The average molecular weight is 513 g/mol. The number of imide groups is 1. The number of carbonyl (C=O) groups excluding carboxylic acids is 5. The lowest BCUT2D eigenvalue weighted by atomic mass is 10.0. The lowest BCUT2D eigenvalue weighted by molar-refractivity contribution is -0.137. The summed E-state index contributed by atoms with van der Waals surface area (Å²) < 4.78 is 0. The normalized spacial score (nSPS) is 14.7. The lowest BCUT2D eigenvalue weighted by Gasteiger charge is -2.24. The molecule has 1 aromatic carbocycles. The number of amides is 5. The van der Waals surface area contributed by atoms with Crippen molar-refractivity contribution < 1.29 is 24.0 Å². The van der Waals surface area contributed by atoms with Crippen molar-refractivity contribution in [2.24, 2.45) is 11.8 Å². The molecule has 0 bridgehead atoms. The van der Waals surface area contributed by atoms with Crippen LogP contribution in [0.25, 0.3) is 0 Å². The molecule has 1 aliphatic rings. The third kappa shape index (κ3) is 9.82. The van der Waals surface area contributed by atoms with E-state index in [9.17, 15) is 24.0 Å². The van der Waals surface area contributed by atoms with Gasteiger partial charge in [-0.25, -0.2) is 0 Å². The predicted molar refractivity (Wildman–Crippen MR) is 142 cm³/mol. The number of unbranched alkanes of at least 4 members (excludes halogenated alkanes) is 2. The number of nitrogens with one attached hydrogen (secondary N) is 3. The zero-order valence-corrected chi connectivity index (χ0v) is 22.5. The van der Waals surface area contributed by atoms with E-state index in [1.165, 1.54) is 22.6 Å². The summed E-state index contributed by atoms with van der Waals surface area (Å²) in [6.07, 6.45) is 5.52. The Morgan fingerprint density at radius 2 is 1.43 bits per heavy atom. The Morgan fingerprint density at radius 1 is 0.811 bits per heavy atom. The molecule has 0 unspecified atom stereocenters. The molecule has 1 aliphatic heterocycles. The molecule has 2 rings (SSSR count). The molecule has 0 aliphatic carbocycles. The first-order chi connectivity index (χ1) is 17.5. The van der Waals surface area contributed by atoms with Crippen LogP contribution in [-0.2, 0) is 30.4 Å². The van der Waals surface area contributed by atoms with Gasteiger partial charge < -0.3 is 16.0 Å². The average Bonchev–Trinajstić information content (AvgIpc) is 3.15. The second-order valence-corrected chi connectivity index (χ2v) is 10.3. The molecule has 202 valence electrons. The van der Waals surface area contributed by atoms with Crippen LogP contribution in [0, 0.1) is 11.8 Å². The maximum atomic E-state index is 12.8. The molecular formula is C28H40N4O5. The molecule has 9 nitrogen and oxygen atoms in total. The summed E-state index contributed by atoms with van der Waals surface area (Å²) in [4.78, 5) is 62.2. The largest absolute Gasteiger partial charge is 0.344 e. The van der Waals surface area contributed by atoms with Gasteiger partial charge in [0.25, 0.3) is 11.8 Å². The molecule has 0 radical (unpaired) electrons. The molecule has 0 saturated heterocycles. The van der Waals surface area contributed by atoms with E-state index in [4.69, 9.17) is 0 Å². The summed E-state index contributed by atoms with van der Waals surface area (Å²) in [5, 5.41) is 8.28. The van der Waals surface area contributed by atoms with Gasteiger partial charge in [-0.2, -0.15) is 0 Å². The van der Waals surface area contributed by atoms with Gasteiger partial charge in [-0.15, -0.1) is 0 Å². The molecule has 37 heavy (non-hydrogen) atoms. The molecule has 2 atom stereocenters. The van der Waals surface area contributed by atoms with Gasteiger partial charge >= 0.3 is 0 Å². The van der Waals surface area contributed by atoms with E-state index in [1.54, 1.807) is 6.92 Å². The van der Waals surface area contributed by atoms with E-state index in [-0.39, 0.29) is 36.0 Å². The van der Waals surface area contributed by atoms with Crippen molar-refractivity contribution >= 4 is 35.2 Å². The number of benzene rings is 1. The topological polar surface area (TPSA) is 125 Å². The Hall–Kier alpha value is -3.49. The quantitative estimate of drug-likeness (QED) is 0.261. The number of hydrogen-bond donors (Lipinski definition) is 3. The van der Waals surface area contributed by atoms with Crippen molar-refractivity contribution in [3.63, 3.8) is 0 Å². The third-order valence-electron chi connectivity index (χ3n) is 6.07. The van der Waals surface area contributed by atoms with Gasteiger partial charge in [-0.05, 0) is 55.7 Å². The fourth-order valence-electron chi connectivity index (χ4n) is 3.98. The van der Waals surface area contributed by atoms with E-state index in [0.29, 0.717) is 37.4 Å². The van der Waals surface area contributed by atoms with Gasteiger partial charge in [0.05, 0.1) is 0 Å². The summed E-state index contributed by atoms with van der Waals surface area (Å²) >= 11 is 0. The second-order valence-electron chi connectivity index (χ2n) is 10.3. The Kier molecular flexibility index (Phi) is 11.5. The highest BCUT2D eigenvalue weighted by Gasteiger charge is 2.27. The van der Waals surface area contributed by atoms with Crippen molar-refractivity contribution in [1.82, 2.24) is 15.5 Å². The molecule has 0 spiro atoms. The predicted octanol–water partition coefficient (Wildman–Crippen LogP) is 2.95. The van der Waals surface area contributed by atoms with Crippen molar-refractivity contribution in [2.75, 3.05) is 11.9 Å². The van der Waals surface area contributed by atoms with Crippen LogP contribution in [0.5, 0.6) is 0 Å². The zero-order valence-electron chi connectivity index (χ0n) is 22.5. The minimum atomic E-state index is -0.786. The summed E-state index contributed by atoms with van der Waals surface area (Å²) in [7, 11) is 0. The van der Waals surface area contributed by atoms with E-state index >= 15 is 0 Å². The molecular weight excluding hydrogens is 472 g/mol. The highest BCUT2D eigenvalue weighted by Crippen LogP contribution is 2.14. The molecule has 1 heterocycles. The zero-order chi connectivity index (χ0) is 27.5. The van der Waals surface area contributed by atoms with Crippen LogP contribution in [0.3, 0.4) is 0 Å². The van der Waals surface area contributed by atoms with Gasteiger partial charge in [0.2, 0.25) is 17.7 Å². The fraction of sp³-hybridized carbons (Fsp3) is 0.536. The molecule has 0 fully saturated rings. The van der Waals surface area contributed by atoms with Gasteiger partial charge in [0.15, 0.2) is 0 Å². The van der Waals surface area contributed by atoms with Crippen LogP contribution in [0.15, 0.2) is 36.4 Å². The molecule has 1 aromatic rings.